The van der Waals surface area contributed by atoms with Gasteiger partial charge in [0.25, 0.3) is 0 Å². The Hall–Kier alpha value is -0.760. The number of amides is 1. The van der Waals surface area contributed by atoms with Gasteiger partial charge >= 0.3 is 0 Å². The van der Waals surface area contributed by atoms with E-state index >= 15 is 0 Å². The molecule has 0 unspecified atom stereocenters. The molecule has 2 heterocycles. The molecule has 3 N–H and O–H groups in total. The summed E-state index contributed by atoms with van der Waals surface area (Å²) in [7, 11) is 0. The second-order valence-electron chi connectivity index (χ2n) is 6.87. The Labute approximate surface area is 186 Å². The van der Waals surface area contributed by atoms with Gasteiger partial charge in [-0.15, -0.1) is 37.2 Å². The molecule has 0 saturated carbocycles. The van der Waals surface area contributed by atoms with E-state index in [1.807, 2.05) is 0 Å². The highest BCUT2D eigenvalue weighted by Gasteiger charge is 2.29. The summed E-state index contributed by atoms with van der Waals surface area (Å²) in [4.78, 5) is 17.0. The zero-order chi connectivity index (χ0) is 17.5. The summed E-state index contributed by atoms with van der Waals surface area (Å²) in [5.74, 6) is 0.0184. The van der Waals surface area contributed by atoms with Gasteiger partial charge < -0.3 is 20.7 Å². The number of anilines is 1. The number of carbonyl (C=O) groups excluding carboxylic acids is 1. The van der Waals surface area contributed by atoms with E-state index < -0.39 is 0 Å². The Morgan fingerprint density at radius 1 is 1.07 bits per heavy atom. The van der Waals surface area contributed by atoms with E-state index in [-0.39, 0.29) is 55.3 Å². The van der Waals surface area contributed by atoms with Crippen molar-refractivity contribution in [3.8, 4) is 0 Å². The van der Waals surface area contributed by atoms with Crippen molar-refractivity contribution in [3.63, 3.8) is 0 Å². The van der Waals surface area contributed by atoms with E-state index in [4.69, 9.17) is 10.5 Å². The van der Waals surface area contributed by atoms with Crippen LogP contribution in [-0.4, -0.2) is 68.8 Å². The summed E-state index contributed by atoms with van der Waals surface area (Å²) in [5, 5.41) is 3.00. The van der Waals surface area contributed by atoms with Crippen molar-refractivity contribution in [2.75, 3.05) is 50.7 Å². The van der Waals surface area contributed by atoms with Crippen molar-refractivity contribution >= 4 is 48.8 Å². The fourth-order valence-electron chi connectivity index (χ4n) is 3.57. The number of nitrogens with zero attached hydrogens (tertiary/aromatic N) is 2. The number of nitrogens with one attached hydrogen (secondary N) is 1. The van der Waals surface area contributed by atoms with Gasteiger partial charge in [-0.2, -0.15) is 0 Å². The van der Waals surface area contributed by atoms with Gasteiger partial charge in [0.05, 0.1) is 6.10 Å². The average molecular weight is 456 g/mol. The van der Waals surface area contributed by atoms with Crippen LogP contribution >= 0.6 is 37.2 Å². The fourth-order valence-corrected chi connectivity index (χ4v) is 3.57. The molecule has 3 rings (SSSR count). The number of rotatable bonds is 7. The topological polar surface area (TPSA) is 70.8 Å². The van der Waals surface area contributed by atoms with Crippen molar-refractivity contribution in [2.45, 2.75) is 31.5 Å². The zero-order valence-corrected chi connectivity index (χ0v) is 18.6. The molecule has 2 fully saturated rings. The van der Waals surface area contributed by atoms with Crippen LogP contribution in [-0.2, 0) is 9.53 Å². The van der Waals surface area contributed by atoms with Crippen LogP contribution in [0.4, 0.5) is 5.69 Å². The largest absolute Gasteiger partial charge is 0.369 e. The lowest BCUT2D eigenvalue weighted by atomic mass is 10.2. The lowest BCUT2D eigenvalue weighted by molar-refractivity contribution is -0.131. The Morgan fingerprint density at radius 2 is 1.75 bits per heavy atom. The highest BCUT2D eigenvalue weighted by molar-refractivity contribution is 5.86. The van der Waals surface area contributed by atoms with Gasteiger partial charge in [-0.25, -0.2) is 0 Å². The van der Waals surface area contributed by atoms with Crippen LogP contribution in [0.2, 0.25) is 0 Å². The Morgan fingerprint density at radius 3 is 2.36 bits per heavy atom. The predicted octanol–water partition coefficient (Wildman–Crippen LogP) is 2.09. The maximum atomic E-state index is 12.1. The van der Waals surface area contributed by atoms with E-state index in [1.54, 1.807) is 0 Å². The fraction of sp³-hybridized carbons (Fsp3) is 0.632. The summed E-state index contributed by atoms with van der Waals surface area (Å²) in [6.07, 6.45) is 2.40. The lowest BCUT2D eigenvalue weighted by Gasteiger charge is -2.36. The molecule has 28 heavy (non-hydrogen) atoms. The first kappa shape index (κ1) is 27.2. The number of benzene rings is 1. The number of carbonyl (C=O) groups is 1. The minimum absolute atomic E-state index is 0. The number of piperazine rings is 1. The van der Waals surface area contributed by atoms with Crippen LogP contribution in [0.15, 0.2) is 30.3 Å². The first-order valence-corrected chi connectivity index (χ1v) is 9.42. The minimum atomic E-state index is -0.303. The normalized spacial score (nSPS) is 21.8. The molecule has 0 aromatic heterocycles. The van der Waals surface area contributed by atoms with Crippen LogP contribution in [0, 0.1) is 0 Å². The van der Waals surface area contributed by atoms with Gasteiger partial charge in [0.1, 0.15) is 6.10 Å². The highest BCUT2D eigenvalue weighted by atomic mass is 35.5. The van der Waals surface area contributed by atoms with E-state index in [0.717, 1.165) is 52.0 Å². The monoisotopic (exact) mass is 454 g/mol. The third kappa shape index (κ3) is 7.93. The molecular formula is C19H33Cl3N4O2. The number of nitrogens with two attached hydrogens (primary N) is 1. The van der Waals surface area contributed by atoms with E-state index in [2.05, 4.69) is 45.4 Å². The molecule has 1 amide bonds. The van der Waals surface area contributed by atoms with Crippen LogP contribution in [0.5, 0.6) is 0 Å². The standard InChI is InChI=1S/C19H30N4O2.3ClH/c20-15-17-7-8-18(25-17)19(24)21-9-4-10-22-11-13-23(14-12-22)16-5-2-1-3-6-16;;;/h1-3,5-6,17-18H,4,7-15,20H2,(H,21,24);3*1H/t17-,18+;;;/m1.../s1. The lowest BCUT2D eigenvalue weighted by Crippen LogP contribution is -2.47. The van der Waals surface area contributed by atoms with Crippen molar-refractivity contribution in [1.82, 2.24) is 10.2 Å². The maximum Gasteiger partial charge on any atom is 0.249 e. The third-order valence-electron chi connectivity index (χ3n) is 5.11. The van der Waals surface area contributed by atoms with Crippen LogP contribution in [0.1, 0.15) is 19.3 Å². The number of hydrogen-bond acceptors (Lipinski definition) is 5. The van der Waals surface area contributed by atoms with Crippen molar-refractivity contribution in [2.24, 2.45) is 5.73 Å². The summed E-state index contributed by atoms with van der Waals surface area (Å²) < 4.78 is 5.62. The smallest absolute Gasteiger partial charge is 0.249 e. The number of para-hydroxylation sites is 1. The molecule has 0 bridgehead atoms. The van der Waals surface area contributed by atoms with Gasteiger partial charge in [-0.1, -0.05) is 18.2 Å². The first-order valence-electron chi connectivity index (χ1n) is 9.42. The second kappa shape index (κ2) is 14.3. The molecular weight excluding hydrogens is 423 g/mol. The average Bonchev–Trinajstić information content (AvgIpc) is 3.16. The summed E-state index contributed by atoms with van der Waals surface area (Å²) in [6.45, 7) is 6.52. The van der Waals surface area contributed by atoms with Gasteiger partial charge in [0.15, 0.2) is 0 Å². The number of hydrogen-bond donors (Lipinski definition) is 2. The van der Waals surface area contributed by atoms with Gasteiger partial charge in [-0.3, -0.25) is 9.69 Å². The number of halogens is 3. The molecule has 1 aromatic carbocycles. The maximum absolute atomic E-state index is 12.1. The zero-order valence-electron chi connectivity index (χ0n) is 16.1. The first-order chi connectivity index (χ1) is 12.3. The Balaban J connectivity index is 0.00000243. The van der Waals surface area contributed by atoms with Gasteiger partial charge in [-0.05, 0) is 37.9 Å². The Bertz CT molecular complexity index is 545. The second-order valence-corrected chi connectivity index (χ2v) is 6.87. The SMILES string of the molecule is Cl.Cl.Cl.NC[C@H]1CC[C@@H](C(=O)NCCCN2CCN(c3ccccc3)CC2)O1. The summed E-state index contributed by atoms with van der Waals surface area (Å²) >= 11 is 0. The van der Waals surface area contributed by atoms with Crippen LogP contribution in [0.25, 0.3) is 0 Å². The van der Waals surface area contributed by atoms with Gasteiger partial charge in [0.2, 0.25) is 5.91 Å². The van der Waals surface area contributed by atoms with Crippen molar-refractivity contribution < 1.29 is 9.53 Å². The molecule has 9 heteroatoms. The van der Waals surface area contributed by atoms with E-state index in [1.165, 1.54) is 5.69 Å². The molecule has 2 atom stereocenters. The highest BCUT2D eigenvalue weighted by Crippen LogP contribution is 2.19. The van der Waals surface area contributed by atoms with Crippen molar-refractivity contribution in [1.29, 1.82) is 0 Å². The number of ether oxygens (including phenoxy) is 1. The molecule has 2 saturated heterocycles. The predicted molar refractivity (Wildman–Crippen MR) is 121 cm³/mol. The molecule has 0 spiro atoms. The Kier molecular flexibility index (Phi) is 13.9. The summed E-state index contributed by atoms with van der Waals surface area (Å²) in [6, 6.07) is 10.6. The third-order valence-corrected chi connectivity index (χ3v) is 5.11. The molecule has 2 aliphatic heterocycles. The quantitative estimate of drug-likeness (QED) is 0.616. The summed E-state index contributed by atoms with van der Waals surface area (Å²) in [5.41, 5.74) is 6.89. The molecule has 162 valence electrons. The molecule has 2 aliphatic rings. The van der Waals surface area contributed by atoms with Crippen molar-refractivity contribution in [3.05, 3.63) is 30.3 Å². The minimum Gasteiger partial charge on any atom is -0.369 e. The molecule has 6 nitrogen and oxygen atoms in total. The van der Waals surface area contributed by atoms with Crippen LogP contribution in [0.3, 0.4) is 0 Å². The molecule has 0 aliphatic carbocycles. The molecule has 0 radical (unpaired) electrons. The molecule has 1 aromatic rings. The van der Waals surface area contributed by atoms with E-state index in [0.29, 0.717) is 13.1 Å². The van der Waals surface area contributed by atoms with Gasteiger partial charge in [0, 0.05) is 45.0 Å². The van der Waals surface area contributed by atoms with E-state index in [9.17, 15) is 4.79 Å². The van der Waals surface area contributed by atoms with Crippen LogP contribution < -0.4 is 16.0 Å².